The van der Waals surface area contributed by atoms with Crippen LogP contribution in [0.1, 0.15) is 23.4 Å². The van der Waals surface area contributed by atoms with Crippen LogP contribution in [0, 0.1) is 0 Å². The van der Waals surface area contributed by atoms with E-state index in [0.717, 1.165) is 31.5 Å². The summed E-state index contributed by atoms with van der Waals surface area (Å²) in [5.41, 5.74) is 1.14. The summed E-state index contributed by atoms with van der Waals surface area (Å²) >= 11 is 17.4. The second-order valence-corrected chi connectivity index (χ2v) is 6.43. The number of rotatable bonds is 4. The van der Waals surface area contributed by atoms with Gasteiger partial charge in [0.1, 0.15) is 0 Å². The Kier molecular flexibility index (Phi) is 5.10. The van der Waals surface area contributed by atoms with Crippen LogP contribution in [0.3, 0.4) is 0 Å². The van der Waals surface area contributed by atoms with Crippen molar-refractivity contribution in [2.45, 2.75) is 13.0 Å². The Bertz CT molecular complexity index is 542. The summed E-state index contributed by atoms with van der Waals surface area (Å²) in [4.78, 5) is 1.13. The predicted octanol–water partition coefficient (Wildman–Crippen LogP) is 5.52. The van der Waals surface area contributed by atoms with Gasteiger partial charge in [0.05, 0.1) is 11.1 Å². The van der Waals surface area contributed by atoms with Gasteiger partial charge in [0.25, 0.3) is 0 Å². The number of halogens is 3. The molecule has 18 heavy (non-hydrogen) atoms. The number of benzene rings is 1. The van der Waals surface area contributed by atoms with Gasteiger partial charge in [-0.15, -0.1) is 11.3 Å². The first-order valence-electron chi connectivity index (χ1n) is 5.54. The Morgan fingerprint density at radius 2 is 2.11 bits per heavy atom. The molecule has 1 unspecified atom stereocenters. The van der Waals surface area contributed by atoms with Crippen LogP contribution in [-0.2, 0) is 0 Å². The maximum atomic E-state index is 6.23. The molecule has 1 aromatic heterocycles. The molecule has 1 N–H and O–H groups in total. The van der Waals surface area contributed by atoms with Gasteiger partial charge in [-0.3, -0.25) is 0 Å². The molecule has 2 aromatic rings. The lowest BCUT2D eigenvalue weighted by Crippen LogP contribution is -2.21. The van der Waals surface area contributed by atoms with E-state index in [0.29, 0.717) is 0 Å². The fourth-order valence-electron chi connectivity index (χ4n) is 1.80. The van der Waals surface area contributed by atoms with Crippen LogP contribution in [0.2, 0.25) is 10.0 Å². The molecule has 5 heteroatoms. The van der Waals surface area contributed by atoms with Crippen LogP contribution >= 0.6 is 50.5 Å². The number of hydrogen-bond donors (Lipinski definition) is 1. The zero-order valence-corrected chi connectivity index (χ0v) is 13.6. The Morgan fingerprint density at radius 3 is 2.67 bits per heavy atom. The van der Waals surface area contributed by atoms with E-state index in [1.165, 1.54) is 0 Å². The highest BCUT2D eigenvalue weighted by molar-refractivity contribution is 9.10. The van der Waals surface area contributed by atoms with Gasteiger partial charge in [-0.25, -0.2) is 0 Å². The molecule has 0 aliphatic heterocycles. The van der Waals surface area contributed by atoms with Crippen molar-refractivity contribution in [1.29, 1.82) is 0 Å². The fourth-order valence-corrected chi connectivity index (χ4v) is 3.96. The Labute approximate surface area is 129 Å². The van der Waals surface area contributed by atoms with Gasteiger partial charge < -0.3 is 5.32 Å². The van der Waals surface area contributed by atoms with Crippen molar-refractivity contribution in [3.05, 3.63) is 54.6 Å². The van der Waals surface area contributed by atoms with E-state index < -0.39 is 0 Å². The quantitative estimate of drug-likeness (QED) is 0.753. The maximum Gasteiger partial charge on any atom is 0.0697 e. The highest BCUT2D eigenvalue weighted by Gasteiger charge is 2.19. The summed E-state index contributed by atoms with van der Waals surface area (Å²) in [6.45, 7) is 2.95. The molecule has 0 radical (unpaired) electrons. The molecule has 1 nitrogen and oxygen atoms in total. The van der Waals surface area contributed by atoms with Gasteiger partial charge in [-0.2, -0.15) is 0 Å². The van der Waals surface area contributed by atoms with Crippen molar-refractivity contribution in [3.63, 3.8) is 0 Å². The molecule has 0 aliphatic rings. The zero-order chi connectivity index (χ0) is 13.1. The second kappa shape index (κ2) is 6.40. The van der Waals surface area contributed by atoms with E-state index in [9.17, 15) is 0 Å². The lowest BCUT2D eigenvalue weighted by atomic mass is 10.1. The molecule has 1 heterocycles. The van der Waals surface area contributed by atoms with Gasteiger partial charge in [0.15, 0.2) is 0 Å². The van der Waals surface area contributed by atoms with Gasteiger partial charge in [-0.1, -0.05) is 52.1 Å². The molecule has 0 aliphatic carbocycles. The largest absolute Gasteiger partial charge is 0.306 e. The lowest BCUT2D eigenvalue weighted by molar-refractivity contribution is 0.638. The molecule has 96 valence electrons. The van der Waals surface area contributed by atoms with E-state index in [-0.39, 0.29) is 6.04 Å². The van der Waals surface area contributed by atoms with Crippen molar-refractivity contribution in [1.82, 2.24) is 5.32 Å². The highest BCUT2D eigenvalue weighted by Crippen LogP contribution is 2.36. The smallest absolute Gasteiger partial charge is 0.0697 e. The molecule has 1 aromatic carbocycles. The standard InChI is InChI=1S/C13H12BrCl2NS/c1-2-17-12(13-11(16)5-6-18-13)9-4-3-8(15)7-10(9)14/h3-7,12,17H,2H2,1H3. The lowest BCUT2D eigenvalue weighted by Gasteiger charge is -2.19. The Balaban J connectivity index is 2.45. The second-order valence-electron chi connectivity index (χ2n) is 3.79. The van der Waals surface area contributed by atoms with Gasteiger partial charge >= 0.3 is 0 Å². The minimum absolute atomic E-state index is 0.0918. The van der Waals surface area contributed by atoms with Crippen molar-refractivity contribution < 1.29 is 0 Å². The third-order valence-corrected chi connectivity index (χ3v) is 4.93. The van der Waals surface area contributed by atoms with Crippen molar-refractivity contribution in [2.24, 2.45) is 0 Å². The molecular weight excluding hydrogens is 353 g/mol. The first kappa shape index (κ1) is 14.4. The first-order valence-corrected chi connectivity index (χ1v) is 7.97. The summed E-state index contributed by atoms with van der Waals surface area (Å²) in [5, 5.41) is 6.98. The van der Waals surface area contributed by atoms with Gasteiger partial charge in [-0.05, 0) is 35.7 Å². The summed E-state index contributed by atoms with van der Waals surface area (Å²) in [6, 6.07) is 7.84. The van der Waals surface area contributed by atoms with Crippen LogP contribution in [0.15, 0.2) is 34.1 Å². The zero-order valence-electron chi connectivity index (χ0n) is 9.71. The summed E-state index contributed by atoms with van der Waals surface area (Å²) in [6.07, 6.45) is 0. The van der Waals surface area contributed by atoms with E-state index in [1.54, 1.807) is 11.3 Å². The van der Waals surface area contributed by atoms with Crippen LogP contribution in [-0.4, -0.2) is 6.54 Å². The Morgan fingerprint density at radius 1 is 1.33 bits per heavy atom. The average molecular weight is 365 g/mol. The average Bonchev–Trinajstić information content (AvgIpc) is 2.73. The summed E-state index contributed by atoms with van der Waals surface area (Å²) < 4.78 is 0.991. The van der Waals surface area contributed by atoms with Crippen LogP contribution in [0.4, 0.5) is 0 Å². The number of hydrogen-bond acceptors (Lipinski definition) is 2. The topological polar surface area (TPSA) is 12.0 Å². The molecular formula is C13H12BrCl2NS. The highest BCUT2D eigenvalue weighted by atomic mass is 79.9. The third-order valence-electron chi connectivity index (χ3n) is 2.59. The summed E-state index contributed by atoms with van der Waals surface area (Å²) in [5.74, 6) is 0. The van der Waals surface area contributed by atoms with Crippen LogP contribution in [0.25, 0.3) is 0 Å². The molecule has 0 bridgehead atoms. The van der Waals surface area contributed by atoms with E-state index in [1.807, 2.05) is 29.6 Å². The van der Waals surface area contributed by atoms with Gasteiger partial charge in [0, 0.05) is 14.4 Å². The SMILES string of the molecule is CCNC(c1ccc(Cl)cc1Br)c1sccc1Cl. The van der Waals surface area contributed by atoms with E-state index in [4.69, 9.17) is 23.2 Å². The third kappa shape index (κ3) is 3.09. The number of thiophene rings is 1. The summed E-state index contributed by atoms with van der Waals surface area (Å²) in [7, 11) is 0. The number of nitrogens with one attached hydrogen (secondary N) is 1. The maximum absolute atomic E-state index is 6.23. The van der Waals surface area contributed by atoms with Crippen LogP contribution in [0.5, 0.6) is 0 Å². The molecule has 0 amide bonds. The molecule has 0 saturated heterocycles. The molecule has 0 spiro atoms. The van der Waals surface area contributed by atoms with Crippen molar-refractivity contribution in [2.75, 3.05) is 6.54 Å². The minimum atomic E-state index is 0.0918. The van der Waals surface area contributed by atoms with E-state index in [2.05, 4.69) is 28.2 Å². The molecule has 1 atom stereocenters. The van der Waals surface area contributed by atoms with Crippen molar-refractivity contribution >= 4 is 50.5 Å². The normalized spacial score (nSPS) is 12.7. The van der Waals surface area contributed by atoms with Gasteiger partial charge in [0.2, 0.25) is 0 Å². The molecule has 0 saturated carbocycles. The van der Waals surface area contributed by atoms with E-state index >= 15 is 0 Å². The molecule has 2 rings (SSSR count). The molecule has 0 fully saturated rings. The van der Waals surface area contributed by atoms with Crippen LogP contribution < -0.4 is 5.32 Å². The predicted molar refractivity (Wildman–Crippen MR) is 84.0 cm³/mol. The Hall–Kier alpha value is -0.0600. The fraction of sp³-hybridized carbons (Fsp3) is 0.231. The minimum Gasteiger partial charge on any atom is -0.306 e. The first-order chi connectivity index (χ1) is 8.63. The van der Waals surface area contributed by atoms with Crippen molar-refractivity contribution in [3.8, 4) is 0 Å². The monoisotopic (exact) mass is 363 g/mol.